The Balaban J connectivity index is 1.65. The van der Waals surface area contributed by atoms with Gasteiger partial charge in [-0.15, -0.1) is 0 Å². The van der Waals surface area contributed by atoms with E-state index in [-0.39, 0.29) is 11.7 Å². The highest BCUT2D eigenvalue weighted by atomic mass is 16.1. The standard InChI is InChI=1S/C34H46N4O2/c1-6-18-35-19-9-8-12-28-17-15-27(20-31(28)38-33(40)7-2)11-10-13-32(39)29-16-14-24(3)30(21-29)34-25(4)22-36-26(5)23-37-34/h7-8,12,14-17,20-21,25-26,35-36H,2,6,9-11,13,18-19,22-23H2,1,3-5H3,(H,38,40). The Kier molecular flexibility index (Phi) is 12.5. The molecule has 3 rings (SSSR count). The van der Waals surface area contributed by atoms with Gasteiger partial charge in [0.2, 0.25) is 5.91 Å². The molecule has 0 saturated heterocycles. The van der Waals surface area contributed by atoms with Crippen LogP contribution in [0, 0.1) is 12.8 Å². The molecule has 2 unspecified atom stereocenters. The Bertz CT molecular complexity index is 1230. The molecule has 6 nitrogen and oxygen atoms in total. The normalized spacial score (nSPS) is 17.4. The molecule has 2 atom stereocenters. The lowest BCUT2D eigenvalue weighted by Crippen LogP contribution is -2.31. The molecule has 2 aromatic carbocycles. The highest BCUT2D eigenvalue weighted by molar-refractivity contribution is 6.06. The number of benzene rings is 2. The predicted molar refractivity (Wildman–Crippen MR) is 169 cm³/mol. The van der Waals surface area contributed by atoms with Gasteiger partial charge < -0.3 is 16.0 Å². The number of carbonyl (C=O) groups is 2. The van der Waals surface area contributed by atoms with E-state index in [4.69, 9.17) is 4.99 Å². The van der Waals surface area contributed by atoms with Gasteiger partial charge >= 0.3 is 0 Å². The molecule has 3 N–H and O–H groups in total. The molecule has 0 bridgehead atoms. The lowest BCUT2D eigenvalue weighted by Gasteiger charge is -2.16. The molecule has 1 aliphatic heterocycles. The lowest BCUT2D eigenvalue weighted by atomic mass is 9.91. The number of carbonyl (C=O) groups excluding carboxylic acids is 2. The molecule has 0 aromatic heterocycles. The van der Waals surface area contributed by atoms with Gasteiger partial charge in [-0.05, 0) is 93.1 Å². The zero-order valence-corrected chi connectivity index (χ0v) is 24.7. The van der Waals surface area contributed by atoms with Crippen LogP contribution in [0.2, 0.25) is 0 Å². The van der Waals surface area contributed by atoms with E-state index < -0.39 is 0 Å². The minimum Gasteiger partial charge on any atom is -0.322 e. The zero-order valence-electron chi connectivity index (χ0n) is 24.7. The average Bonchev–Trinajstić information content (AvgIpc) is 3.11. The molecule has 0 spiro atoms. The van der Waals surface area contributed by atoms with Gasteiger partial charge in [0.1, 0.15) is 0 Å². The van der Waals surface area contributed by atoms with Crippen LogP contribution in [0.5, 0.6) is 0 Å². The molecular weight excluding hydrogens is 496 g/mol. The quantitative estimate of drug-likeness (QED) is 0.152. The van der Waals surface area contributed by atoms with Crippen molar-refractivity contribution >= 4 is 29.2 Å². The molecule has 1 amide bonds. The minimum absolute atomic E-state index is 0.144. The summed E-state index contributed by atoms with van der Waals surface area (Å²) in [6, 6.07) is 12.5. The van der Waals surface area contributed by atoms with Gasteiger partial charge in [0.05, 0.1) is 6.54 Å². The van der Waals surface area contributed by atoms with Crippen LogP contribution in [0.15, 0.2) is 60.1 Å². The zero-order chi connectivity index (χ0) is 28.9. The number of nitrogens with zero attached hydrogens (tertiary/aromatic N) is 1. The summed E-state index contributed by atoms with van der Waals surface area (Å²) in [6.07, 6.45) is 9.42. The van der Waals surface area contributed by atoms with Crippen molar-refractivity contribution in [2.75, 3.05) is 31.5 Å². The van der Waals surface area contributed by atoms with Crippen LogP contribution < -0.4 is 16.0 Å². The Hall–Kier alpha value is -3.35. The molecule has 2 aromatic rings. The number of Topliss-reactive ketones (excluding diaryl/α,β-unsaturated/α-hetero) is 1. The number of amides is 1. The third-order valence-electron chi connectivity index (χ3n) is 7.25. The first-order valence-corrected chi connectivity index (χ1v) is 14.7. The van der Waals surface area contributed by atoms with Crippen LogP contribution in [0.3, 0.4) is 0 Å². The number of aliphatic imine (C=N–C) groups is 1. The summed E-state index contributed by atoms with van der Waals surface area (Å²) in [6.45, 7) is 15.7. The fourth-order valence-corrected chi connectivity index (χ4v) is 4.84. The molecule has 214 valence electrons. The van der Waals surface area contributed by atoms with E-state index in [1.807, 2.05) is 36.4 Å². The van der Waals surface area contributed by atoms with Crippen LogP contribution in [-0.2, 0) is 11.2 Å². The van der Waals surface area contributed by atoms with E-state index in [2.05, 4.69) is 62.4 Å². The van der Waals surface area contributed by atoms with E-state index in [1.54, 1.807) is 0 Å². The highest BCUT2D eigenvalue weighted by Crippen LogP contribution is 2.23. The number of aryl methyl sites for hydroxylation is 2. The topological polar surface area (TPSA) is 82.6 Å². The Labute approximate surface area is 240 Å². The smallest absolute Gasteiger partial charge is 0.247 e. The van der Waals surface area contributed by atoms with Crippen molar-refractivity contribution in [2.45, 2.75) is 65.8 Å². The van der Waals surface area contributed by atoms with Gasteiger partial charge in [0, 0.05) is 41.9 Å². The molecule has 0 fully saturated rings. The van der Waals surface area contributed by atoms with Crippen molar-refractivity contribution in [3.05, 3.63) is 82.9 Å². The van der Waals surface area contributed by atoms with Crippen LogP contribution in [-0.4, -0.2) is 49.6 Å². The number of hydrogen-bond donors (Lipinski definition) is 3. The Morgan fingerprint density at radius 3 is 2.75 bits per heavy atom. The van der Waals surface area contributed by atoms with Gasteiger partial charge in [-0.3, -0.25) is 14.6 Å². The molecule has 0 saturated carbocycles. The van der Waals surface area contributed by atoms with E-state index in [9.17, 15) is 9.59 Å². The summed E-state index contributed by atoms with van der Waals surface area (Å²) in [5.41, 5.74) is 6.87. The third kappa shape index (κ3) is 9.39. The summed E-state index contributed by atoms with van der Waals surface area (Å²) >= 11 is 0. The fourth-order valence-electron chi connectivity index (χ4n) is 4.84. The SMILES string of the molecule is C=CC(=O)Nc1cc(CCCC(=O)c2ccc(C)c(C3=NCC(C)NCC3C)c2)ccc1C=CCCNCCC. The predicted octanol–water partition coefficient (Wildman–Crippen LogP) is 6.14. The van der Waals surface area contributed by atoms with E-state index in [0.29, 0.717) is 18.4 Å². The van der Waals surface area contributed by atoms with Crippen molar-refractivity contribution in [1.82, 2.24) is 10.6 Å². The van der Waals surface area contributed by atoms with Gasteiger partial charge in [-0.2, -0.15) is 0 Å². The summed E-state index contributed by atoms with van der Waals surface area (Å²) in [7, 11) is 0. The number of nitrogens with one attached hydrogen (secondary N) is 3. The van der Waals surface area contributed by atoms with Crippen LogP contribution in [0.25, 0.3) is 6.08 Å². The largest absolute Gasteiger partial charge is 0.322 e. The minimum atomic E-state index is -0.236. The molecule has 6 heteroatoms. The molecule has 1 aliphatic rings. The molecule has 1 heterocycles. The number of ketones is 1. The van der Waals surface area contributed by atoms with Crippen molar-refractivity contribution in [3.8, 4) is 0 Å². The number of rotatable bonds is 14. The van der Waals surface area contributed by atoms with Gasteiger partial charge in [0.15, 0.2) is 5.78 Å². The Morgan fingerprint density at radius 1 is 1.15 bits per heavy atom. The maximum Gasteiger partial charge on any atom is 0.247 e. The van der Waals surface area contributed by atoms with Crippen molar-refractivity contribution < 1.29 is 9.59 Å². The first-order valence-electron chi connectivity index (χ1n) is 14.7. The third-order valence-corrected chi connectivity index (χ3v) is 7.25. The van der Waals surface area contributed by atoms with Crippen LogP contribution >= 0.6 is 0 Å². The second kappa shape index (κ2) is 16.0. The van der Waals surface area contributed by atoms with Crippen LogP contribution in [0.1, 0.15) is 79.1 Å². The maximum atomic E-state index is 13.2. The van der Waals surface area contributed by atoms with Crippen LogP contribution in [0.4, 0.5) is 5.69 Å². The fraction of sp³-hybridized carbons (Fsp3) is 0.441. The molecular formula is C34H46N4O2. The van der Waals surface area contributed by atoms with E-state index in [0.717, 1.165) is 91.1 Å². The second-order valence-corrected chi connectivity index (χ2v) is 10.8. The summed E-state index contributed by atoms with van der Waals surface area (Å²) in [4.78, 5) is 30.1. The van der Waals surface area contributed by atoms with Crippen molar-refractivity contribution in [2.24, 2.45) is 10.9 Å². The average molecular weight is 543 g/mol. The summed E-state index contributed by atoms with van der Waals surface area (Å²) in [5.74, 6) is 0.200. The summed E-state index contributed by atoms with van der Waals surface area (Å²) in [5, 5.41) is 9.84. The van der Waals surface area contributed by atoms with Gasteiger partial charge in [-0.25, -0.2) is 0 Å². The number of hydrogen-bond acceptors (Lipinski definition) is 5. The second-order valence-electron chi connectivity index (χ2n) is 10.8. The first kappa shape index (κ1) is 31.2. The van der Waals surface area contributed by atoms with Gasteiger partial charge in [0.25, 0.3) is 0 Å². The Morgan fingerprint density at radius 2 is 1.98 bits per heavy atom. The van der Waals surface area contributed by atoms with Gasteiger partial charge in [-0.1, -0.05) is 56.8 Å². The van der Waals surface area contributed by atoms with E-state index >= 15 is 0 Å². The number of anilines is 1. The molecule has 0 radical (unpaired) electrons. The summed E-state index contributed by atoms with van der Waals surface area (Å²) < 4.78 is 0. The van der Waals surface area contributed by atoms with E-state index in [1.165, 1.54) is 6.08 Å². The molecule has 0 aliphatic carbocycles. The lowest BCUT2D eigenvalue weighted by molar-refractivity contribution is -0.111. The highest BCUT2D eigenvalue weighted by Gasteiger charge is 2.20. The monoisotopic (exact) mass is 542 g/mol. The molecule has 40 heavy (non-hydrogen) atoms. The maximum absolute atomic E-state index is 13.2. The first-order chi connectivity index (χ1) is 19.3. The van der Waals surface area contributed by atoms with Crippen molar-refractivity contribution in [3.63, 3.8) is 0 Å². The van der Waals surface area contributed by atoms with Crippen molar-refractivity contribution in [1.29, 1.82) is 0 Å².